The zero-order chi connectivity index (χ0) is 14.4. The van der Waals surface area contributed by atoms with Gasteiger partial charge >= 0.3 is 5.97 Å². The number of hydrogen-bond acceptors (Lipinski definition) is 3. The van der Waals surface area contributed by atoms with Crippen LogP contribution < -0.4 is 0 Å². The highest BCUT2D eigenvalue weighted by molar-refractivity contribution is 5.66. The third-order valence-electron chi connectivity index (χ3n) is 3.96. The van der Waals surface area contributed by atoms with Crippen LogP contribution in [0.1, 0.15) is 36.8 Å². The number of carboxylic acid groups (broad SMARTS) is 1. The van der Waals surface area contributed by atoms with Crippen molar-refractivity contribution in [2.45, 2.75) is 32.2 Å². The van der Waals surface area contributed by atoms with Crippen molar-refractivity contribution in [3.63, 3.8) is 0 Å². The van der Waals surface area contributed by atoms with Crippen LogP contribution >= 0.6 is 0 Å². The minimum atomic E-state index is -0.690. The van der Waals surface area contributed by atoms with Gasteiger partial charge in [-0.15, -0.1) is 0 Å². The number of carbonyl (C=O) groups is 1. The highest BCUT2D eigenvalue weighted by Crippen LogP contribution is 2.23. The van der Waals surface area contributed by atoms with Gasteiger partial charge in [0.05, 0.1) is 11.6 Å². The van der Waals surface area contributed by atoms with Crippen LogP contribution in [0.15, 0.2) is 24.3 Å². The summed E-state index contributed by atoms with van der Waals surface area (Å²) < 4.78 is 0. The molecule has 0 aromatic heterocycles. The molecule has 0 saturated carbocycles. The molecule has 0 bridgehead atoms. The molecule has 2 rings (SSSR count). The predicted octanol–water partition coefficient (Wildman–Crippen LogP) is 2.64. The number of aliphatic carboxylic acids is 1. The maximum Gasteiger partial charge on any atom is 0.303 e. The third-order valence-corrected chi connectivity index (χ3v) is 3.96. The molecule has 4 heteroatoms. The molecule has 0 unspecified atom stereocenters. The molecule has 1 heterocycles. The lowest BCUT2D eigenvalue weighted by molar-refractivity contribution is -0.137. The number of hydrogen-bond donors (Lipinski definition) is 1. The molecule has 1 saturated heterocycles. The van der Waals surface area contributed by atoms with Crippen molar-refractivity contribution < 1.29 is 9.90 Å². The largest absolute Gasteiger partial charge is 0.481 e. The van der Waals surface area contributed by atoms with Crippen molar-refractivity contribution in [3.05, 3.63) is 35.4 Å². The summed E-state index contributed by atoms with van der Waals surface area (Å²) in [5.41, 5.74) is 1.93. The predicted molar refractivity (Wildman–Crippen MR) is 76.0 cm³/mol. The summed E-state index contributed by atoms with van der Waals surface area (Å²) in [6.07, 6.45) is 3.27. The minimum Gasteiger partial charge on any atom is -0.481 e. The number of benzene rings is 1. The highest BCUT2D eigenvalue weighted by atomic mass is 16.4. The summed E-state index contributed by atoms with van der Waals surface area (Å²) in [7, 11) is 0. The molecular formula is C16H20N2O2. The van der Waals surface area contributed by atoms with E-state index in [0.29, 0.717) is 17.9 Å². The average molecular weight is 272 g/mol. The van der Waals surface area contributed by atoms with Crippen molar-refractivity contribution >= 4 is 5.97 Å². The zero-order valence-electron chi connectivity index (χ0n) is 11.6. The van der Waals surface area contributed by atoms with Crippen molar-refractivity contribution in [2.75, 3.05) is 13.1 Å². The summed E-state index contributed by atoms with van der Waals surface area (Å²) in [6, 6.07) is 9.86. The topological polar surface area (TPSA) is 64.3 Å². The fraction of sp³-hybridized carbons (Fsp3) is 0.500. The zero-order valence-corrected chi connectivity index (χ0v) is 11.6. The lowest BCUT2D eigenvalue weighted by Gasteiger charge is -2.31. The summed E-state index contributed by atoms with van der Waals surface area (Å²) in [6.45, 7) is 2.98. The van der Waals surface area contributed by atoms with E-state index >= 15 is 0 Å². The Morgan fingerprint density at radius 2 is 1.95 bits per heavy atom. The molecule has 1 aliphatic heterocycles. The number of rotatable bonds is 5. The van der Waals surface area contributed by atoms with E-state index in [9.17, 15) is 4.79 Å². The Hall–Kier alpha value is -1.86. The molecule has 1 aliphatic rings. The molecule has 1 aromatic carbocycles. The molecule has 0 spiro atoms. The van der Waals surface area contributed by atoms with Gasteiger partial charge in [0.1, 0.15) is 0 Å². The first-order valence-electron chi connectivity index (χ1n) is 7.10. The Labute approximate surface area is 119 Å². The molecule has 0 atom stereocenters. The van der Waals surface area contributed by atoms with Gasteiger partial charge in [-0.1, -0.05) is 12.1 Å². The van der Waals surface area contributed by atoms with E-state index < -0.39 is 5.97 Å². The number of piperidine rings is 1. The maximum absolute atomic E-state index is 10.6. The normalized spacial score (nSPS) is 16.8. The van der Waals surface area contributed by atoms with Crippen LogP contribution in [-0.2, 0) is 11.3 Å². The second kappa shape index (κ2) is 7.06. The smallest absolute Gasteiger partial charge is 0.303 e. The number of nitrogens with zero attached hydrogens (tertiary/aromatic N) is 2. The molecule has 1 aromatic rings. The average Bonchev–Trinajstić information content (AvgIpc) is 2.47. The Morgan fingerprint density at radius 1 is 1.30 bits per heavy atom. The first kappa shape index (κ1) is 14.5. The molecule has 0 amide bonds. The van der Waals surface area contributed by atoms with Crippen molar-refractivity contribution in [3.8, 4) is 6.07 Å². The standard InChI is InChI=1S/C16H20N2O2/c17-11-14-1-3-15(4-2-14)12-18-9-7-13(8-10-18)5-6-16(19)20/h1-4,13H,5-10,12H2,(H,19,20). The second-order valence-electron chi connectivity index (χ2n) is 5.46. The molecule has 1 N–H and O–H groups in total. The number of likely N-dealkylation sites (tertiary alicyclic amines) is 1. The molecule has 0 radical (unpaired) electrons. The van der Waals surface area contributed by atoms with Crippen LogP contribution in [-0.4, -0.2) is 29.1 Å². The fourth-order valence-electron chi connectivity index (χ4n) is 2.70. The number of carboxylic acids is 1. The van der Waals surface area contributed by atoms with Gasteiger partial charge in [-0.2, -0.15) is 5.26 Å². The van der Waals surface area contributed by atoms with E-state index in [4.69, 9.17) is 10.4 Å². The van der Waals surface area contributed by atoms with E-state index in [2.05, 4.69) is 11.0 Å². The molecule has 1 fully saturated rings. The van der Waals surface area contributed by atoms with Crippen LogP contribution in [0.3, 0.4) is 0 Å². The van der Waals surface area contributed by atoms with Gasteiger partial charge < -0.3 is 5.11 Å². The molecule has 20 heavy (non-hydrogen) atoms. The first-order valence-corrected chi connectivity index (χ1v) is 7.10. The van der Waals surface area contributed by atoms with Crippen LogP contribution in [0.2, 0.25) is 0 Å². The quantitative estimate of drug-likeness (QED) is 0.895. The molecule has 4 nitrogen and oxygen atoms in total. The Morgan fingerprint density at radius 3 is 2.50 bits per heavy atom. The van der Waals surface area contributed by atoms with Crippen LogP contribution in [0, 0.1) is 17.2 Å². The van der Waals surface area contributed by atoms with Crippen molar-refractivity contribution in [2.24, 2.45) is 5.92 Å². The summed E-state index contributed by atoms with van der Waals surface area (Å²) >= 11 is 0. The van der Waals surface area contributed by atoms with Crippen LogP contribution in [0.4, 0.5) is 0 Å². The minimum absolute atomic E-state index is 0.292. The van der Waals surface area contributed by atoms with Gasteiger partial charge in [0.15, 0.2) is 0 Å². The molecular weight excluding hydrogens is 252 g/mol. The Bertz CT molecular complexity index is 482. The highest BCUT2D eigenvalue weighted by Gasteiger charge is 2.19. The Balaban J connectivity index is 1.76. The fourth-order valence-corrected chi connectivity index (χ4v) is 2.70. The van der Waals surface area contributed by atoms with E-state index in [1.807, 2.05) is 24.3 Å². The van der Waals surface area contributed by atoms with Gasteiger partial charge in [0.25, 0.3) is 0 Å². The first-order chi connectivity index (χ1) is 9.67. The van der Waals surface area contributed by atoms with E-state index in [-0.39, 0.29) is 0 Å². The number of nitriles is 1. The molecule has 0 aliphatic carbocycles. The summed E-state index contributed by atoms with van der Waals surface area (Å²) in [5.74, 6) is -0.131. The second-order valence-corrected chi connectivity index (χ2v) is 5.46. The summed E-state index contributed by atoms with van der Waals surface area (Å²) in [5, 5.41) is 17.5. The van der Waals surface area contributed by atoms with Crippen LogP contribution in [0.5, 0.6) is 0 Å². The van der Waals surface area contributed by atoms with Crippen molar-refractivity contribution in [1.29, 1.82) is 5.26 Å². The summed E-state index contributed by atoms with van der Waals surface area (Å²) in [4.78, 5) is 13.0. The van der Waals surface area contributed by atoms with Gasteiger partial charge in [-0.25, -0.2) is 0 Å². The van der Waals surface area contributed by atoms with Crippen LogP contribution in [0.25, 0.3) is 0 Å². The van der Waals surface area contributed by atoms with Gasteiger partial charge in [0.2, 0.25) is 0 Å². The lowest BCUT2D eigenvalue weighted by atomic mass is 9.92. The van der Waals surface area contributed by atoms with E-state index in [1.54, 1.807) is 0 Å². The Kier molecular flexibility index (Phi) is 5.14. The molecule has 106 valence electrons. The SMILES string of the molecule is N#Cc1ccc(CN2CCC(CCC(=O)O)CC2)cc1. The van der Waals surface area contributed by atoms with Gasteiger partial charge in [0, 0.05) is 13.0 Å². The van der Waals surface area contributed by atoms with Gasteiger partial charge in [-0.05, 0) is 56.0 Å². The maximum atomic E-state index is 10.6. The monoisotopic (exact) mass is 272 g/mol. The lowest BCUT2D eigenvalue weighted by Crippen LogP contribution is -2.33. The van der Waals surface area contributed by atoms with E-state index in [0.717, 1.165) is 38.9 Å². The van der Waals surface area contributed by atoms with Crippen molar-refractivity contribution in [1.82, 2.24) is 4.90 Å². The van der Waals surface area contributed by atoms with Gasteiger partial charge in [-0.3, -0.25) is 9.69 Å². The van der Waals surface area contributed by atoms with E-state index in [1.165, 1.54) is 5.56 Å². The third kappa shape index (κ3) is 4.36.